The molecule has 0 radical (unpaired) electrons. The first-order valence-corrected chi connectivity index (χ1v) is 13.3. The van der Waals surface area contributed by atoms with Gasteiger partial charge < -0.3 is 20.1 Å². The molecule has 6 nitrogen and oxygen atoms in total. The normalized spacial score (nSPS) is 19.3. The molecule has 2 aliphatic heterocycles. The number of aromatic amines is 1. The van der Waals surface area contributed by atoms with Crippen LogP contribution in [0.25, 0.3) is 10.9 Å². The average Bonchev–Trinajstić information content (AvgIpc) is 3.22. The molecule has 1 atom stereocenters. The molecule has 9 heteroatoms. The Morgan fingerprint density at radius 3 is 2.39 bits per heavy atom. The Balaban J connectivity index is 0.00000306. The van der Waals surface area contributed by atoms with Gasteiger partial charge >= 0.3 is 0 Å². The largest absolute Gasteiger partial charge is 0.351 e. The van der Waals surface area contributed by atoms with Crippen LogP contribution in [0.15, 0.2) is 24.3 Å². The lowest BCUT2D eigenvalue weighted by atomic mass is 9.79. The van der Waals surface area contributed by atoms with Gasteiger partial charge in [-0.2, -0.15) is 11.8 Å². The van der Waals surface area contributed by atoms with Crippen LogP contribution in [0, 0.1) is 11.8 Å². The number of carbonyl (C=O) groups excluding carboxylic acids is 2. The van der Waals surface area contributed by atoms with Gasteiger partial charge in [-0.25, -0.2) is 0 Å². The molecule has 2 saturated heterocycles. The van der Waals surface area contributed by atoms with E-state index in [1.807, 2.05) is 23.3 Å². The number of carbonyl (C=O) groups is 2. The minimum Gasteiger partial charge on any atom is -0.351 e. The summed E-state index contributed by atoms with van der Waals surface area (Å²) in [6.07, 6.45) is 6.65. The zero-order chi connectivity index (χ0) is 22.7. The molecular formula is C24H34Cl2N4O2S. The number of hydrogen-bond acceptors (Lipinski definition) is 4. The first-order chi connectivity index (χ1) is 15.4. The molecule has 2 amide bonds. The van der Waals surface area contributed by atoms with Gasteiger partial charge in [-0.05, 0) is 88.2 Å². The highest BCUT2D eigenvalue weighted by Crippen LogP contribution is 2.32. The maximum atomic E-state index is 13.3. The van der Waals surface area contributed by atoms with Crippen molar-refractivity contribution in [1.82, 2.24) is 20.1 Å². The number of likely N-dealkylation sites (tertiary alicyclic amines) is 2. The van der Waals surface area contributed by atoms with E-state index < -0.39 is 6.04 Å². The van der Waals surface area contributed by atoms with Gasteiger partial charge in [0.1, 0.15) is 11.7 Å². The van der Waals surface area contributed by atoms with Gasteiger partial charge in [0.05, 0.1) is 0 Å². The van der Waals surface area contributed by atoms with Crippen LogP contribution in [0.1, 0.15) is 36.2 Å². The summed E-state index contributed by atoms with van der Waals surface area (Å²) in [6.45, 7) is 3.96. The van der Waals surface area contributed by atoms with Gasteiger partial charge in [0.2, 0.25) is 5.91 Å². The topological polar surface area (TPSA) is 68.4 Å². The van der Waals surface area contributed by atoms with Crippen molar-refractivity contribution in [1.29, 1.82) is 0 Å². The second kappa shape index (κ2) is 11.8. The highest BCUT2D eigenvalue weighted by molar-refractivity contribution is 7.98. The van der Waals surface area contributed by atoms with E-state index in [0.29, 0.717) is 16.5 Å². The molecule has 0 unspecified atom stereocenters. The maximum Gasteiger partial charge on any atom is 0.268 e. The fraction of sp³-hybridized carbons (Fsp3) is 0.583. The standard InChI is InChI=1S/C24H33ClN4O2S.ClH/c1-28-9-5-16(6-10-28)17-7-11-29(12-8-17)24(31)22(15-32-2)27-23(30)21-14-18-13-19(25)3-4-20(18)26-21;/h3-4,13-14,16-17,22,26H,5-12,15H2,1-2H3,(H,27,30);1H/t22-;/m1./s1. The van der Waals surface area contributed by atoms with Crippen LogP contribution in [-0.2, 0) is 4.79 Å². The zero-order valence-electron chi connectivity index (χ0n) is 19.3. The molecule has 33 heavy (non-hydrogen) atoms. The molecular weight excluding hydrogens is 479 g/mol. The van der Waals surface area contributed by atoms with Crippen molar-refractivity contribution in [3.05, 3.63) is 35.0 Å². The first-order valence-electron chi connectivity index (χ1n) is 11.5. The molecule has 0 bridgehead atoms. The van der Waals surface area contributed by atoms with Crippen molar-refractivity contribution in [2.45, 2.75) is 31.7 Å². The number of H-pyrrole nitrogens is 1. The lowest BCUT2D eigenvalue weighted by Crippen LogP contribution is -2.52. The number of piperidine rings is 2. The van der Waals surface area contributed by atoms with Crippen molar-refractivity contribution in [2.24, 2.45) is 11.8 Å². The number of hydrogen-bond donors (Lipinski definition) is 2. The van der Waals surface area contributed by atoms with Gasteiger partial charge in [0.15, 0.2) is 0 Å². The summed E-state index contributed by atoms with van der Waals surface area (Å²) in [4.78, 5) is 33.7. The van der Waals surface area contributed by atoms with E-state index in [-0.39, 0.29) is 24.2 Å². The predicted molar refractivity (Wildman–Crippen MR) is 140 cm³/mol. The van der Waals surface area contributed by atoms with Gasteiger partial charge in [-0.3, -0.25) is 9.59 Å². The monoisotopic (exact) mass is 512 g/mol. The van der Waals surface area contributed by atoms with Crippen LogP contribution in [0.5, 0.6) is 0 Å². The third-order valence-corrected chi connectivity index (χ3v) is 7.95. The Morgan fingerprint density at radius 2 is 1.76 bits per heavy atom. The molecule has 0 spiro atoms. The van der Waals surface area contributed by atoms with E-state index in [1.54, 1.807) is 23.9 Å². The van der Waals surface area contributed by atoms with E-state index in [2.05, 4.69) is 22.2 Å². The van der Waals surface area contributed by atoms with Crippen molar-refractivity contribution in [2.75, 3.05) is 45.2 Å². The number of amides is 2. The number of fused-ring (bicyclic) bond motifs is 1. The summed E-state index contributed by atoms with van der Waals surface area (Å²) in [5, 5.41) is 4.47. The number of aromatic nitrogens is 1. The molecule has 2 aliphatic rings. The minimum absolute atomic E-state index is 0. The summed E-state index contributed by atoms with van der Waals surface area (Å²) < 4.78 is 0. The Kier molecular flexibility index (Phi) is 9.39. The molecule has 1 aromatic heterocycles. The number of thioether (sulfide) groups is 1. The summed E-state index contributed by atoms with van der Waals surface area (Å²) in [6, 6.07) is 6.73. The average molecular weight is 514 g/mol. The Hall–Kier alpha value is -1.41. The van der Waals surface area contributed by atoms with E-state index in [9.17, 15) is 9.59 Å². The lowest BCUT2D eigenvalue weighted by molar-refractivity contribution is -0.134. The van der Waals surface area contributed by atoms with Crippen LogP contribution in [0.3, 0.4) is 0 Å². The molecule has 3 heterocycles. The fourth-order valence-electron chi connectivity index (χ4n) is 5.11. The van der Waals surface area contributed by atoms with Gasteiger partial charge in [-0.15, -0.1) is 12.4 Å². The van der Waals surface area contributed by atoms with Crippen molar-refractivity contribution >= 4 is 58.5 Å². The predicted octanol–water partition coefficient (Wildman–Crippen LogP) is 4.28. The number of rotatable bonds is 6. The number of nitrogens with zero attached hydrogens (tertiary/aromatic N) is 2. The highest BCUT2D eigenvalue weighted by Gasteiger charge is 2.33. The van der Waals surface area contributed by atoms with E-state index in [1.165, 1.54) is 25.9 Å². The molecule has 0 saturated carbocycles. The van der Waals surface area contributed by atoms with Gasteiger partial charge in [0.25, 0.3) is 5.91 Å². The lowest BCUT2D eigenvalue weighted by Gasteiger charge is -2.40. The van der Waals surface area contributed by atoms with Crippen molar-refractivity contribution in [3.63, 3.8) is 0 Å². The maximum absolute atomic E-state index is 13.3. The number of halogens is 2. The molecule has 2 N–H and O–H groups in total. The third-order valence-electron chi connectivity index (χ3n) is 7.05. The fourth-order valence-corrected chi connectivity index (χ4v) is 5.85. The summed E-state index contributed by atoms with van der Waals surface area (Å²) in [7, 11) is 2.20. The Morgan fingerprint density at radius 1 is 1.12 bits per heavy atom. The van der Waals surface area contributed by atoms with Crippen LogP contribution >= 0.6 is 35.8 Å². The van der Waals surface area contributed by atoms with Gasteiger partial charge in [-0.1, -0.05) is 11.6 Å². The van der Waals surface area contributed by atoms with Crippen LogP contribution in [-0.4, -0.2) is 77.9 Å². The molecule has 1 aromatic carbocycles. The molecule has 0 aliphatic carbocycles. The SMILES string of the molecule is CSC[C@@H](NC(=O)c1cc2cc(Cl)ccc2[nH]1)C(=O)N1CCC(C2CCN(C)CC2)CC1.Cl. The number of nitrogens with one attached hydrogen (secondary N) is 2. The molecule has 4 rings (SSSR count). The quantitative estimate of drug-likeness (QED) is 0.605. The van der Waals surface area contributed by atoms with Crippen molar-refractivity contribution in [3.8, 4) is 0 Å². The third kappa shape index (κ3) is 6.38. The van der Waals surface area contributed by atoms with E-state index >= 15 is 0 Å². The summed E-state index contributed by atoms with van der Waals surface area (Å²) >= 11 is 7.63. The molecule has 2 aromatic rings. The van der Waals surface area contributed by atoms with Crippen molar-refractivity contribution < 1.29 is 9.59 Å². The molecule has 2 fully saturated rings. The minimum atomic E-state index is -0.521. The summed E-state index contributed by atoms with van der Waals surface area (Å²) in [5.74, 6) is 1.85. The summed E-state index contributed by atoms with van der Waals surface area (Å²) in [5.41, 5.74) is 1.30. The second-order valence-electron chi connectivity index (χ2n) is 9.20. The highest BCUT2D eigenvalue weighted by atomic mass is 35.5. The Bertz CT molecular complexity index is 953. The first kappa shape index (κ1) is 26.2. The smallest absolute Gasteiger partial charge is 0.268 e. The van der Waals surface area contributed by atoms with Crippen LogP contribution in [0.4, 0.5) is 0 Å². The molecule has 182 valence electrons. The van der Waals surface area contributed by atoms with Crippen LogP contribution in [0.2, 0.25) is 5.02 Å². The second-order valence-corrected chi connectivity index (χ2v) is 10.5. The Labute approximate surface area is 211 Å². The van der Waals surface area contributed by atoms with Crippen LogP contribution < -0.4 is 5.32 Å². The van der Waals surface area contributed by atoms with Gasteiger partial charge in [0, 0.05) is 34.8 Å². The zero-order valence-corrected chi connectivity index (χ0v) is 21.7. The number of benzene rings is 1. The van der Waals surface area contributed by atoms with E-state index in [4.69, 9.17) is 11.6 Å². The van der Waals surface area contributed by atoms with E-state index in [0.717, 1.165) is 48.7 Å².